The Morgan fingerprint density at radius 2 is 0.617 bits per heavy atom. The first kappa shape index (κ1) is 64.4. The zero-order chi connectivity index (χ0) is 59.2. The van der Waals surface area contributed by atoms with Crippen LogP contribution in [0.3, 0.4) is 0 Å². The molecule has 0 saturated heterocycles. The van der Waals surface area contributed by atoms with Crippen molar-refractivity contribution in [2.24, 2.45) is 5.41 Å². The Bertz CT molecular complexity index is 2450. The van der Waals surface area contributed by atoms with Crippen LogP contribution in [0.4, 0.5) is 36.2 Å². The molecular weight excluding hydrogens is 1050 g/mol. The van der Waals surface area contributed by atoms with Gasteiger partial charge in [-0.15, -0.1) is 0 Å². The number of Topliss-reactive ketones (excluding diaryl/α,β-unsaturated/α-hetero) is 1. The van der Waals surface area contributed by atoms with Crippen molar-refractivity contribution in [1.29, 1.82) is 0 Å². The van der Waals surface area contributed by atoms with E-state index in [4.69, 9.17) is 37.9 Å². The molecule has 23 nitrogen and oxygen atoms in total. The predicted molar refractivity (Wildman–Crippen MR) is 301 cm³/mol. The number of carbonyl (C=O) groups excluding carboxylic acids is 8. The summed E-state index contributed by atoms with van der Waals surface area (Å²) in [6.07, 6.45) is -2.92. The zero-order valence-electron chi connectivity index (χ0n) is 45.8. The summed E-state index contributed by atoms with van der Waals surface area (Å²) in [5.74, 6) is -0.295. The number of hydrogen-bond acceptors (Lipinski definition) is 16. The summed E-state index contributed by atoms with van der Waals surface area (Å²) in [6.45, 7) is 20.4. The van der Waals surface area contributed by atoms with E-state index in [9.17, 15) is 38.4 Å². The van der Waals surface area contributed by atoms with Crippen LogP contribution in [0.5, 0.6) is 23.0 Å². The molecule has 81 heavy (non-hydrogen) atoms. The van der Waals surface area contributed by atoms with Gasteiger partial charge in [0, 0.05) is 66.4 Å². The van der Waals surface area contributed by atoms with Gasteiger partial charge in [-0.3, -0.25) is 19.2 Å². The molecule has 0 aliphatic heterocycles. The fourth-order valence-corrected chi connectivity index (χ4v) is 6.42. The quantitative estimate of drug-likeness (QED) is 0.0180. The van der Waals surface area contributed by atoms with Crippen LogP contribution in [0.15, 0.2) is 146 Å². The SMILES string of the molecule is C=C(C)C(=O)Cc1ccc(OC(=O)NCCOCC(COCCNC(=O)Oc2ccc(NC(=O)C(=C)C)cc2)(COCCNC(=O)Oc2ccc(NC(=O)C(=C)C)cc2)COCCNC(=O)Oc2ccc(NC(=O)C(=C)C)cc2)cc1. The molecule has 4 aromatic carbocycles. The third kappa shape index (κ3) is 25.5. The van der Waals surface area contributed by atoms with E-state index in [0.29, 0.717) is 39.4 Å². The molecule has 0 spiro atoms. The average molecular weight is 1120 g/mol. The zero-order valence-corrected chi connectivity index (χ0v) is 45.8. The number of hydrogen-bond donors (Lipinski definition) is 7. The maximum absolute atomic E-state index is 12.7. The van der Waals surface area contributed by atoms with Crippen molar-refractivity contribution in [3.8, 4) is 23.0 Å². The van der Waals surface area contributed by atoms with E-state index in [-0.39, 0.29) is 132 Å². The van der Waals surface area contributed by atoms with Gasteiger partial charge in [0.15, 0.2) is 5.78 Å². The fraction of sp³-hybridized carbons (Fsp3) is 0.310. The van der Waals surface area contributed by atoms with Gasteiger partial charge in [0.1, 0.15) is 23.0 Å². The van der Waals surface area contributed by atoms with Crippen molar-refractivity contribution in [2.45, 2.75) is 34.1 Å². The standard InChI is InChI=1S/C58H69N7O16/c1-38(2)50(66)33-42-9-17-46(18-10-42)78-54(70)59-25-29-74-34-58(35-75-30-26-60-55(71)79-47-19-11-43(12-20-47)63-51(67)39(3)4,36-76-31-27-61-56(72)80-48-21-13-44(14-22-48)64-52(68)40(5)6)37-77-32-28-62-57(73)81-49-23-15-45(16-24-49)65-53(69)41(7)8/h9-24H,1,3,5,7,25-37H2,2,4,6,8H3,(H,59,70)(H,60,71)(H,61,72)(H,62,73)(H,63,67)(H,64,68)(H,65,69). The molecule has 0 atom stereocenters. The Hall–Kier alpha value is -9.16. The van der Waals surface area contributed by atoms with E-state index >= 15 is 0 Å². The summed E-state index contributed by atoms with van der Waals surface area (Å²) < 4.78 is 45.8. The van der Waals surface area contributed by atoms with Crippen LogP contribution in [-0.2, 0) is 44.5 Å². The first-order valence-corrected chi connectivity index (χ1v) is 25.3. The number of anilines is 3. The Balaban J connectivity index is 1.39. The Morgan fingerprint density at radius 1 is 0.370 bits per heavy atom. The molecule has 0 fully saturated rings. The predicted octanol–water partition coefficient (Wildman–Crippen LogP) is 7.43. The van der Waals surface area contributed by atoms with E-state index in [0.717, 1.165) is 5.56 Å². The summed E-state index contributed by atoms with van der Waals surface area (Å²) in [5.41, 5.74) is 2.47. The van der Waals surface area contributed by atoms with Gasteiger partial charge in [-0.2, -0.15) is 0 Å². The summed E-state index contributed by atoms with van der Waals surface area (Å²) in [5, 5.41) is 18.5. The molecular formula is C58H69N7O16. The highest BCUT2D eigenvalue weighted by molar-refractivity contribution is 6.04. The highest BCUT2D eigenvalue weighted by atomic mass is 16.6. The number of nitrogens with one attached hydrogen (secondary N) is 7. The molecule has 0 radical (unpaired) electrons. The summed E-state index contributed by atoms with van der Waals surface area (Å²) >= 11 is 0. The Kier molecular flexibility index (Phi) is 27.0. The van der Waals surface area contributed by atoms with Crippen LogP contribution in [0.1, 0.15) is 33.3 Å². The number of allylic oxidation sites excluding steroid dienone is 1. The van der Waals surface area contributed by atoms with Crippen molar-refractivity contribution in [3.63, 3.8) is 0 Å². The van der Waals surface area contributed by atoms with Gasteiger partial charge >= 0.3 is 24.4 Å². The largest absolute Gasteiger partial charge is 0.412 e. The molecule has 0 saturated carbocycles. The molecule has 7 amide bonds. The summed E-state index contributed by atoms with van der Waals surface area (Å²) in [6, 6.07) is 24.9. The third-order valence-corrected chi connectivity index (χ3v) is 10.8. The van der Waals surface area contributed by atoms with Crippen LogP contribution in [-0.4, -0.2) is 127 Å². The molecule has 0 aromatic heterocycles. The first-order chi connectivity index (χ1) is 38.7. The average Bonchev–Trinajstić information content (AvgIpc) is 3.42. The Morgan fingerprint density at radius 3 is 0.852 bits per heavy atom. The third-order valence-electron chi connectivity index (χ3n) is 10.8. The lowest BCUT2D eigenvalue weighted by Gasteiger charge is -2.33. The Labute approximate surface area is 469 Å². The van der Waals surface area contributed by atoms with E-state index in [1.807, 2.05) is 0 Å². The topological polar surface area (TPSA) is 295 Å². The molecule has 0 heterocycles. The molecule has 0 aliphatic carbocycles. The van der Waals surface area contributed by atoms with Crippen LogP contribution in [0, 0.1) is 5.41 Å². The monoisotopic (exact) mass is 1120 g/mol. The van der Waals surface area contributed by atoms with E-state index in [1.165, 1.54) is 36.4 Å². The van der Waals surface area contributed by atoms with Crippen molar-refractivity contribution in [1.82, 2.24) is 21.3 Å². The van der Waals surface area contributed by atoms with E-state index in [1.54, 1.807) is 88.4 Å². The lowest BCUT2D eigenvalue weighted by molar-refractivity contribution is -0.115. The minimum absolute atomic E-state index is 0.00138. The van der Waals surface area contributed by atoms with Crippen molar-refractivity contribution in [2.75, 3.05) is 95.0 Å². The molecule has 4 aromatic rings. The van der Waals surface area contributed by atoms with E-state index in [2.05, 4.69) is 63.5 Å². The molecule has 432 valence electrons. The van der Waals surface area contributed by atoms with Gasteiger partial charge in [0.25, 0.3) is 17.7 Å². The number of amides is 7. The van der Waals surface area contributed by atoms with Gasteiger partial charge in [-0.1, -0.05) is 38.4 Å². The normalized spacial score (nSPS) is 10.7. The first-order valence-electron chi connectivity index (χ1n) is 25.3. The van der Waals surface area contributed by atoms with Gasteiger partial charge in [-0.25, -0.2) is 19.2 Å². The van der Waals surface area contributed by atoms with Crippen LogP contribution in [0.2, 0.25) is 0 Å². The van der Waals surface area contributed by atoms with E-state index < -0.39 is 29.8 Å². The summed E-state index contributed by atoms with van der Waals surface area (Å²) in [4.78, 5) is 98.8. The maximum Gasteiger partial charge on any atom is 0.412 e. The van der Waals surface area contributed by atoms with Crippen LogP contribution >= 0.6 is 0 Å². The van der Waals surface area contributed by atoms with Crippen molar-refractivity contribution in [3.05, 3.63) is 151 Å². The molecule has 0 unspecified atom stereocenters. The van der Waals surface area contributed by atoms with Crippen molar-refractivity contribution >= 4 is 64.9 Å². The summed E-state index contributed by atoms with van der Waals surface area (Å²) in [7, 11) is 0. The lowest BCUT2D eigenvalue weighted by atomic mass is 9.92. The van der Waals surface area contributed by atoms with Gasteiger partial charge in [0.2, 0.25) is 0 Å². The molecule has 23 heteroatoms. The van der Waals surface area contributed by atoms with Gasteiger partial charge in [-0.05, 0) is 124 Å². The van der Waals surface area contributed by atoms with Gasteiger partial charge in [0.05, 0.1) is 58.3 Å². The lowest BCUT2D eigenvalue weighted by Crippen LogP contribution is -2.44. The molecule has 7 N–H and O–H groups in total. The number of ketones is 1. The fourth-order valence-electron chi connectivity index (χ4n) is 6.42. The van der Waals surface area contributed by atoms with Crippen molar-refractivity contribution < 1.29 is 76.3 Å². The number of benzene rings is 4. The maximum atomic E-state index is 12.7. The second kappa shape index (κ2) is 34.0. The van der Waals surface area contributed by atoms with Crippen LogP contribution in [0.25, 0.3) is 0 Å². The molecule has 0 aliphatic rings. The number of ether oxygens (including phenoxy) is 8. The molecule has 4 rings (SSSR count). The second-order valence-corrected chi connectivity index (χ2v) is 18.3. The van der Waals surface area contributed by atoms with Gasteiger partial charge < -0.3 is 75.1 Å². The minimum Gasteiger partial charge on any atom is -0.410 e. The molecule has 0 bridgehead atoms. The number of rotatable bonds is 33. The number of carbonyl (C=O) groups is 8. The smallest absolute Gasteiger partial charge is 0.410 e. The second-order valence-electron chi connectivity index (χ2n) is 18.3. The van der Waals surface area contributed by atoms with Crippen LogP contribution < -0.4 is 56.2 Å². The highest BCUT2D eigenvalue weighted by Gasteiger charge is 2.33. The minimum atomic E-state index is -1.10. The highest BCUT2D eigenvalue weighted by Crippen LogP contribution is 2.23.